The lowest BCUT2D eigenvalue weighted by Crippen LogP contribution is -2.32. The zero-order valence-electron chi connectivity index (χ0n) is 19.2. The van der Waals surface area contributed by atoms with Gasteiger partial charge >= 0.3 is 6.18 Å². The SMILES string of the molecule is Cc1cnc(CNC(=O)c2oc3c(c2C(F)(F)F)-c2nn(C[C@H]4COCCO4)cc2[C@@H](C)C3)cn1. The van der Waals surface area contributed by atoms with E-state index in [4.69, 9.17) is 13.9 Å². The second kappa shape index (κ2) is 9.08. The van der Waals surface area contributed by atoms with Crippen LogP contribution in [0.1, 0.15) is 51.7 Å². The molecule has 0 spiro atoms. The smallest absolute Gasteiger partial charge is 0.420 e. The van der Waals surface area contributed by atoms with Crippen LogP contribution in [0.5, 0.6) is 0 Å². The van der Waals surface area contributed by atoms with Gasteiger partial charge in [-0.05, 0) is 12.8 Å². The number of hydrogen-bond acceptors (Lipinski definition) is 7. The van der Waals surface area contributed by atoms with Gasteiger partial charge in [0.05, 0.1) is 61.8 Å². The Morgan fingerprint density at radius 3 is 2.77 bits per heavy atom. The number of alkyl halides is 3. The Kier molecular flexibility index (Phi) is 6.09. The number of aromatic nitrogens is 4. The largest absolute Gasteiger partial charge is 0.455 e. The van der Waals surface area contributed by atoms with Gasteiger partial charge in [-0.1, -0.05) is 6.92 Å². The number of amides is 1. The molecular weight excluding hydrogens is 467 g/mol. The van der Waals surface area contributed by atoms with Crippen LogP contribution in [0.3, 0.4) is 0 Å². The Morgan fingerprint density at radius 1 is 1.26 bits per heavy atom. The molecule has 1 aliphatic carbocycles. The summed E-state index contributed by atoms with van der Waals surface area (Å²) in [5.41, 5.74) is 0.654. The third-order valence-electron chi connectivity index (χ3n) is 6.06. The fraction of sp³-hybridized carbons (Fsp3) is 0.478. The van der Waals surface area contributed by atoms with Crippen LogP contribution >= 0.6 is 0 Å². The summed E-state index contributed by atoms with van der Waals surface area (Å²) in [6.45, 7) is 5.26. The van der Waals surface area contributed by atoms with Crippen molar-refractivity contribution in [1.82, 2.24) is 25.1 Å². The molecule has 35 heavy (non-hydrogen) atoms. The van der Waals surface area contributed by atoms with Gasteiger partial charge in [0.25, 0.3) is 5.91 Å². The molecule has 5 rings (SSSR count). The first-order valence-corrected chi connectivity index (χ1v) is 11.3. The Labute approximate surface area is 198 Å². The minimum atomic E-state index is -4.82. The normalized spacial score (nSPS) is 19.8. The van der Waals surface area contributed by atoms with Crippen molar-refractivity contribution >= 4 is 5.91 Å². The predicted molar refractivity (Wildman–Crippen MR) is 116 cm³/mol. The summed E-state index contributed by atoms with van der Waals surface area (Å²) in [7, 11) is 0. The van der Waals surface area contributed by atoms with Crippen LogP contribution < -0.4 is 5.32 Å². The van der Waals surface area contributed by atoms with Gasteiger partial charge in [0.2, 0.25) is 5.76 Å². The standard InChI is InChI=1S/C23H24F3N5O4/c1-12-5-17-18(20-16(12)10-31(30-20)9-15-11-33-3-4-34-15)19(23(24,25)26)21(35-17)22(32)29-8-14-7-27-13(2)6-28-14/h6-7,10,12,15H,3-5,8-9,11H2,1-2H3,(H,29,32)/t12-,15-/m0/s1. The molecule has 1 N–H and O–H groups in total. The minimum Gasteiger partial charge on any atom is -0.455 e. The highest BCUT2D eigenvalue weighted by Crippen LogP contribution is 2.48. The third-order valence-corrected chi connectivity index (χ3v) is 6.06. The molecule has 1 fully saturated rings. The maximum Gasteiger partial charge on any atom is 0.420 e. The van der Waals surface area contributed by atoms with Crippen LogP contribution in [-0.2, 0) is 35.2 Å². The lowest BCUT2D eigenvalue weighted by molar-refractivity contribution is -0.137. The van der Waals surface area contributed by atoms with E-state index in [1.165, 1.54) is 12.4 Å². The number of aryl methyl sites for hydroxylation is 1. The van der Waals surface area contributed by atoms with Gasteiger partial charge in [0, 0.05) is 24.4 Å². The molecule has 4 heterocycles. The van der Waals surface area contributed by atoms with Crippen LogP contribution in [0.25, 0.3) is 11.3 Å². The van der Waals surface area contributed by atoms with E-state index in [2.05, 4.69) is 20.4 Å². The summed E-state index contributed by atoms with van der Waals surface area (Å²) in [5.74, 6) is -1.79. The summed E-state index contributed by atoms with van der Waals surface area (Å²) < 4.78 is 61.0. The molecule has 1 aliphatic heterocycles. The quantitative estimate of drug-likeness (QED) is 0.584. The first kappa shape index (κ1) is 23.5. The highest BCUT2D eigenvalue weighted by atomic mass is 19.4. The molecule has 3 aromatic heterocycles. The van der Waals surface area contributed by atoms with Crippen LogP contribution in [0.2, 0.25) is 0 Å². The average Bonchev–Trinajstić information content (AvgIpc) is 3.41. The van der Waals surface area contributed by atoms with Crippen molar-refractivity contribution in [3.8, 4) is 11.3 Å². The number of nitrogens with one attached hydrogen (secondary N) is 1. The van der Waals surface area contributed by atoms with E-state index in [9.17, 15) is 18.0 Å². The van der Waals surface area contributed by atoms with Gasteiger partial charge in [-0.25, -0.2) is 0 Å². The molecule has 0 bridgehead atoms. The number of halogens is 3. The van der Waals surface area contributed by atoms with Crippen molar-refractivity contribution < 1.29 is 31.9 Å². The monoisotopic (exact) mass is 491 g/mol. The highest BCUT2D eigenvalue weighted by Gasteiger charge is 2.46. The van der Waals surface area contributed by atoms with E-state index in [1.807, 2.05) is 6.92 Å². The molecule has 0 saturated carbocycles. The molecular formula is C23H24F3N5O4. The highest BCUT2D eigenvalue weighted by molar-refractivity contribution is 5.96. The predicted octanol–water partition coefficient (Wildman–Crippen LogP) is 3.27. The van der Waals surface area contributed by atoms with Crippen molar-refractivity contribution in [2.75, 3.05) is 19.8 Å². The van der Waals surface area contributed by atoms with Crippen molar-refractivity contribution in [1.29, 1.82) is 0 Å². The zero-order valence-corrected chi connectivity index (χ0v) is 19.2. The number of carbonyl (C=O) groups is 1. The molecule has 0 unspecified atom stereocenters. The zero-order chi connectivity index (χ0) is 24.7. The van der Waals surface area contributed by atoms with Crippen molar-refractivity contribution in [3.63, 3.8) is 0 Å². The summed E-state index contributed by atoms with van der Waals surface area (Å²) in [5, 5.41) is 6.92. The molecule has 2 atom stereocenters. The molecule has 0 radical (unpaired) electrons. The third kappa shape index (κ3) is 4.67. The Balaban J connectivity index is 1.47. The Hall–Kier alpha value is -3.25. The summed E-state index contributed by atoms with van der Waals surface area (Å²) in [4.78, 5) is 21.0. The van der Waals surface area contributed by atoms with E-state index in [0.29, 0.717) is 43.3 Å². The number of fused-ring (bicyclic) bond motifs is 3. The second-order valence-electron chi connectivity index (χ2n) is 8.76. The molecule has 1 saturated heterocycles. The molecule has 1 amide bonds. The number of carbonyl (C=O) groups excluding carboxylic acids is 1. The molecule has 186 valence electrons. The van der Waals surface area contributed by atoms with Gasteiger partial charge in [0.15, 0.2) is 0 Å². The summed E-state index contributed by atoms with van der Waals surface area (Å²) >= 11 is 0. The van der Waals surface area contributed by atoms with Gasteiger partial charge in [-0.15, -0.1) is 0 Å². The van der Waals surface area contributed by atoms with Crippen LogP contribution in [0.4, 0.5) is 13.2 Å². The minimum absolute atomic E-state index is 0.0888. The number of rotatable bonds is 5. The van der Waals surface area contributed by atoms with E-state index in [1.54, 1.807) is 17.8 Å². The first-order valence-electron chi connectivity index (χ1n) is 11.3. The topological polar surface area (TPSA) is 104 Å². The number of nitrogens with zero attached hydrogens (tertiary/aromatic N) is 4. The van der Waals surface area contributed by atoms with Crippen molar-refractivity contribution in [2.45, 2.75) is 51.6 Å². The maximum atomic E-state index is 14.3. The number of furan rings is 1. The molecule has 12 heteroatoms. The lowest BCUT2D eigenvalue weighted by Gasteiger charge is -2.22. The van der Waals surface area contributed by atoms with Gasteiger partial charge in [0.1, 0.15) is 17.4 Å². The van der Waals surface area contributed by atoms with Crippen molar-refractivity contribution in [2.24, 2.45) is 0 Å². The molecule has 3 aromatic rings. The van der Waals surface area contributed by atoms with Crippen LogP contribution in [0, 0.1) is 6.92 Å². The summed E-state index contributed by atoms with van der Waals surface area (Å²) in [6, 6.07) is 0. The van der Waals surface area contributed by atoms with Gasteiger partial charge in [-0.3, -0.25) is 19.4 Å². The van der Waals surface area contributed by atoms with Crippen LogP contribution in [0.15, 0.2) is 23.0 Å². The molecule has 2 aliphatic rings. The fourth-order valence-corrected chi connectivity index (χ4v) is 4.39. The summed E-state index contributed by atoms with van der Waals surface area (Å²) in [6.07, 6.45) is -0.138. The van der Waals surface area contributed by atoms with Gasteiger partial charge < -0.3 is 19.2 Å². The Bertz CT molecular complexity index is 1230. The fourth-order valence-electron chi connectivity index (χ4n) is 4.39. The van der Waals surface area contributed by atoms with E-state index in [-0.39, 0.29) is 42.0 Å². The van der Waals surface area contributed by atoms with Crippen molar-refractivity contribution in [3.05, 3.63) is 52.6 Å². The second-order valence-corrected chi connectivity index (χ2v) is 8.76. The van der Waals surface area contributed by atoms with E-state index in [0.717, 1.165) is 0 Å². The Morgan fingerprint density at radius 2 is 2.09 bits per heavy atom. The van der Waals surface area contributed by atoms with Gasteiger partial charge in [-0.2, -0.15) is 18.3 Å². The van der Waals surface area contributed by atoms with E-state index < -0.39 is 23.4 Å². The maximum absolute atomic E-state index is 14.3. The lowest BCUT2D eigenvalue weighted by atomic mass is 9.86. The first-order chi connectivity index (χ1) is 16.7. The number of ether oxygens (including phenoxy) is 2. The molecule has 0 aromatic carbocycles. The number of hydrogen-bond donors (Lipinski definition) is 1. The molecule has 9 nitrogen and oxygen atoms in total. The average molecular weight is 491 g/mol. The van der Waals surface area contributed by atoms with Crippen LogP contribution in [-0.4, -0.2) is 51.6 Å². The van der Waals surface area contributed by atoms with E-state index >= 15 is 0 Å².